The molecule has 1 aromatic heterocycles. The SMILES string of the molecule is BrCC1(COc2cccnc2)CC1. The van der Waals surface area contributed by atoms with Crippen LogP contribution in [-0.2, 0) is 0 Å². The molecule has 0 aliphatic heterocycles. The van der Waals surface area contributed by atoms with E-state index in [9.17, 15) is 0 Å². The topological polar surface area (TPSA) is 22.1 Å². The summed E-state index contributed by atoms with van der Waals surface area (Å²) in [6, 6.07) is 3.83. The average molecular weight is 242 g/mol. The Kier molecular flexibility index (Phi) is 2.54. The van der Waals surface area contributed by atoms with Crippen molar-refractivity contribution in [3.05, 3.63) is 24.5 Å². The maximum Gasteiger partial charge on any atom is 0.137 e. The van der Waals surface area contributed by atoms with E-state index in [1.807, 2.05) is 12.1 Å². The van der Waals surface area contributed by atoms with E-state index in [1.54, 1.807) is 12.4 Å². The normalized spacial score (nSPS) is 18.2. The lowest BCUT2D eigenvalue weighted by Crippen LogP contribution is -2.14. The maximum absolute atomic E-state index is 5.63. The second kappa shape index (κ2) is 3.66. The van der Waals surface area contributed by atoms with E-state index in [2.05, 4.69) is 20.9 Å². The van der Waals surface area contributed by atoms with Gasteiger partial charge in [-0.15, -0.1) is 0 Å². The third kappa shape index (κ3) is 2.21. The molecule has 0 N–H and O–H groups in total. The summed E-state index contributed by atoms with van der Waals surface area (Å²) >= 11 is 3.51. The van der Waals surface area contributed by atoms with Crippen LogP contribution < -0.4 is 4.74 Å². The third-order valence-corrected chi connectivity index (χ3v) is 3.61. The minimum absolute atomic E-state index is 0.413. The molecule has 1 heterocycles. The molecule has 2 rings (SSSR count). The van der Waals surface area contributed by atoms with Gasteiger partial charge < -0.3 is 4.74 Å². The van der Waals surface area contributed by atoms with Gasteiger partial charge in [0.15, 0.2) is 0 Å². The van der Waals surface area contributed by atoms with Gasteiger partial charge in [-0.2, -0.15) is 0 Å². The summed E-state index contributed by atoms with van der Waals surface area (Å²) in [5.74, 6) is 0.870. The number of aromatic nitrogens is 1. The largest absolute Gasteiger partial charge is 0.491 e. The Labute approximate surface area is 86.5 Å². The lowest BCUT2D eigenvalue weighted by Gasteiger charge is -2.12. The van der Waals surface area contributed by atoms with Gasteiger partial charge >= 0.3 is 0 Å². The number of rotatable bonds is 4. The molecule has 13 heavy (non-hydrogen) atoms. The van der Waals surface area contributed by atoms with E-state index < -0.39 is 0 Å². The first-order valence-electron chi connectivity index (χ1n) is 4.43. The molecule has 0 saturated heterocycles. The molecule has 1 aromatic rings. The predicted octanol–water partition coefficient (Wildman–Crippen LogP) is 2.64. The van der Waals surface area contributed by atoms with Crippen LogP contribution >= 0.6 is 15.9 Å². The van der Waals surface area contributed by atoms with Crippen molar-refractivity contribution in [3.63, 3.8) is 0 Å². The zero-order valence-electron chi connectivity index (χ0n) is 7.37. The minimum atomic E-state index is 0.413. The summed E-state index contributed by atoms with van der Waals surface area (Å²) in [5, 5.41) is 1.04. The Hall–Kier alpha value is -0.570. The van der Waals surface area contributed by atoms with Crippen molar-refractivity contribution in [2.75, 3.05) is 11.9 Å². The quantitative estimate of drug-likeness (QED) is 0.757. The van der Waals surface area contributed by atoms with E-state index in [1.165, 1.54) is 12.8 Å². The monoisotopic (exact) mass is 241 g/mol. The minimum Gasteiger partial charge on any atom is -0.491 e. The Bertz CT molecular complexity index is 272. The van der Waals surface area contributed by atoms with E-state index in [-0.39, 0.29) is 0 Å². The molecule has 0 amide bonds. The number of pyridine rings is 1. The van der Waals surface area contributed by atoms with Crippen LogP contribution in [0.25, 0.3) is 0 Å². The van der Waals surface area contributed by atoms with Crippen molar-refractivity contribution in [2.45, 2.75) is 12.8 Å². The van der Waals surface area contributed by atoms with E-state index in [0.717, 1.165) is 17.7 Å². The highest BCUT2D eigenvalue weighted by molar-refractivity contribution is 9.09. The summed E-state index contributed by atoms with van der Waals surface area (Å²) in [6.45, 7) is 0.809. The highest BCUT2D eigenvalue weighted by atomic mass is 79.9. The molecule has 0 bridgehead atoms. The van der Waals surface area contributed by atoms with Crippen LogP contribution in [0.15, 0.2) is 24.5 Å². The second-order valence-corrected chi connectivity index (χ2v) is 4.17. The molecular weight excluding hydrogens is 230 g/mol. The van der Waals surface area contributed by atoms with Crippen molar-refractivity contribution in [2.24, 2.45) is 5.41 Å². The summed E-state index contributed by atoms with van der Waals surface area (Å²) in [7, 11) is 0. The Morgan fingerprint density at radius 1 is 1.54 bits per heavy atom. The fourth-order valence-corrected chi connectivity index (χ4v) is 1.88. The lowest BCUT2D eigenvalue weighted by atomic mass is 10.2. The van der Waals surface area contributed by atoms with Crippen molar-refractivity contribution < 1.29 is 4.74 Å². The Morgan fingerprint density at radius 2 is 2.38 bits per heavy atom. The van der Waals surface area contributed by atoms with Gasteiger partial charge in [-0.05, 0) is 25.0 Å². The zero-order chi connectivity index (χ0) is 9.15. The number of halogens is 1. The summed E-state index contributed by atoms with van der Waals surface area (Å²) in [6.07, 6.45) is 6.06. The van der Waals surface area contributed by atoms with Gasteiger partial charge in [-0.1, -0.05) is 15.9 Å². The van der Waals surface area contributed by atoms with Gasteiger partial charge in [-0.3, -0.25) is 4.98 Å². The van der Waals surface area contributed by atoms with Crippen LogP contribution in [-0.4, -0.2) is 16.9 Å². The van der Waals surface area contributed by atoms with Crippen LogP contribution in [0, 0.1) is 5.41 Å². The van der Waals surface area contributed by atoms with Crippen LogP contribution in [0.3, 0.4) is 0 Å². The van der Waals surface area contributed by atoms with Gasteiger partial charge in [0.05, 0.1) is 12.8 Å². The van der Waals surface area contributed by atoms with Gasteiger partial charge in [0, 0.05) is 16.9 Å². The summed E-state index contributed by atoms with van der Waals surface area (Å²) in [4.78, 5) is 3.99. The molecule has 0 radical (unpaired) electrons. The molecule has 0 unspecified atom stereocenters. The molecule has 1 aliphatic rings. The molecule has 2 nitrogen and oxygen atoms in total. The number of nitrogens with zero attached hydrogens (tertiary/aromatic N) is 1. The Morgan fingerprint density at radius 3 is 2.92 bits per heavy atom. The summed E-state index contributed by atoms with van der Waals surface area (Å²) < 4.78 is 5.63. The van der Waals surface area contributed by atoms with Crippen LogP contribution in [0.1, 0.15) is 12.8 Å². The molecule has 1 aliphatic carbocycles. The number of hydrogen-bond donors (Lipinski definition) is 0. The molecular formula is C10H12BrNO. The van der Waals surface area contributed by atoms with Crippen molar-refractivity contribution in [1.82, 2.24) is 4.98 Å². The van der Waals surface area contributed by atoms with Gasteiger partial charge in [0.2, 0.25) is 0 Å². The number of hydrogen-bond acceptors (Lipinski definition) is 2. The third-order valence-electron chi connectivity index (χ3n) is 2.42. The van der Waals surface area contributed by atoms with Gasteiger partial charge in [-0.25, -0.2) is 0 Å². The van der Waals surface area contributed by atoms with Crippen LogP contribution in [0.4, 0.5) is 0 Å². The Balaban J connectivity index is 1.86. The van der Waals surface area contributed by atoms with E-state index >= 15 is 0 Å². The fourth-order valence-electron chi connectivity index (χ4n) is 1.16. The zero-order valence-corrected chi connectivity index (χ0v) is 8.96. The van der Waals surface area contributed by atoms with Crippen LogP contribution in [0.2, 0.25) is 0 Å². The summed E-state index contributed by atoms with van der Waals surface area (Å²) in [5.41, 5.74) is 0.413. The molecule has 0 aromatic carbocycles. The molecule has 3 heteroatoms. The fraction of sp³-hybridized carbons (Fsp3) is 0.500. The van der Waals surface area contributed by atoms with Crippen molar-refractivity contribution in [1.29, 1.82) is 0 Å². The van der Waals surface area contributed by atoms with Crippen LogP contribution in [0.5, 0.6) is 5.75 Å². The first-order valence-corrected chi connectivity index (χ1v) is 5.56. The number of alkyl halides is 1. The first kappa shape index (κ1) is 9.00. The first-order chi connectivity index (χ1) is 6.35. The molecule has 0 spiro atoms. The van der Waals surface area contributed by atoms with Gasteiger partial charge in [0.1, 0.15) is 5.75 Å². The highest BCUT2D eigenvalue weighted by Crippen LogP contribution is 2.47. The highest BCUT2D eigenvalue weighted by Gasteiger charge is 2.42. The second-order valence-electron chi connectivity index (χ2n) is 3.61. The standard InChI is InChI=1S/C10H12BrNO/c11-7-10(3-4-10)8-13-9-2-1-5-12-6-9/h1-2,5-6H,3-4,7-8H2. The molecule has 1 saturated carbocycles. The smallest absolute Gasteiger partial charge is 0.137 e. The van der Waals surface area contributed by atoms with Crippen molar-refractivity contribution in [3.8, 4) is 5.75 Å². The maximum atomic E-state index is 5.63. The molecule has 0 atom stereocenters. The van der Waals surface area contributed by atoms with Gasteiger partial charge in [0.25, 0.3) is 0 Å². The number of ether oxygens (including phenoxy) is 1. The lowest BCUT2D eigenvalue weighted by molar-refractivity contribution is 0.250. The molecule has 70 valence electrons. The van der Waals surface area contributed by atoms with E-state index in [4.69, 9.17) is 4.74 Å². The average Bonchev–Trinajstić information content (AvgIpc) is 2.97. The van der Waals surface area contributed by atoms with Crippen molar-refractivity contribution >= 4 is 15.9 Å². The van der Waals surface area contributed by atoms with E-state index in [0.29, 0.717) is 5.41 Å². The molecule has 1 fully saturated rings. The predicted molar refractivity (Wildman–Crippen MR) is 55.2 cm³/mol.